The maximum atomic E-state index is 13.4. The summed E-state index contributed by atoms with van der Waals surface area (Å²) in [6.07, 6.45) is -4.54. The van der Waals surface area contributed by atoms with Crippen LogP contribution in [0.15, 0.2) is 53.4 Å². The minimum atomic E-state index is -4.54. The molecule has 0 saturated carbocycles. The van der Waals surface area contributed by atoms with E-state index < -0.39 is 27.6 Å². The Morgan fingerprint density at radius 2 is 1.55 bits per heavy atom. The van der Waals surface area contributed by atoms with E-state index in [0.717, 1.165) is 12.1 Å². The molecule has 0 heterocycles. The monoisotopic (exact) mass is 333 g/mol. The number of hydrogen-bond acceptors (Lipinski definition) is 2. The summed E-state index contributed by atoms with van der Waals surface area (Å²) in [4.78, 5) is -0.322. The van der Waals surface area contributed by atoms with E-state index in [4.69, 9.17) is 0 Å². The van der Waals surface area contributed by atoms with E-state index in [1.54, 1.807) is 6.07 Å². The predicted octanol–water partition coefficient (Wildman–Crippen LogP) is 3.32. The van der Waals surface area contributed by atoms with Gasteiger partial charge in [-0.05, 0) is 30.3 Å². The smallest absolute Gasteiger partial charge is 0.207 e. The Morgan fingerprint density at radius 3 is 2.09 bits per heavy atom. The van der Waals surface area contributed by atoms with Crippen LogP contribution >= 0.6 is 0 Å². The molecule has 22 heavy (non-hydrogen) atoms. The zero-order valence-corrected chi connectivity index (χ0v) is 11.9. The summed E-state index contributed by atoms with van der Waals surface area (Å²) in [6.45, 7) is -0.296. The van der Waals surface area contributed by atoms with Crippen molar-refractivity contribution < 1.29 is 26.0 Å². The lowest BCUT2D eigenvalue weighted by atomic mass is 10.2. The van der Waals surface area contributed by atoms with E-state index in [1.165, 1.54) is 18.2 Å². The van der Waals surface area contributed by atoms with Gasteiger partial charge in [0.1, 0.15) is 5.82 Å². The number of rotatable bonds is 4. The topological polar surface area (TPSA) is 46.2 Å². The summed E-state index contributed by atoms with van der Waals surface area (Å²) in [5, 5.41) is 0. The lowest BCUT2D eigenvalue weighted by Gasteiger charge is -2.10. The van der Waals surface area contributed by atoms with Gasteiger partial charge < -0.3 is 0 Å². The molecule has 0 bridgehead atoms. The zero-order chi connectivity index (χ0) is 16.4. The molecule has 2 aromatic rings. The summed E-state index contributed by atoms with van der Waals surface area (Å²) in [5.74, 6) is -0.572. The molecular formula is C14H11F4NO2S. The van der Waals surface area contributed by atoms with Crippen LogP contribution in [0.1, 0.15) is 11.1 Å². The van der Waals surface area contributed by atoms with Gasteiger partial charge in [0.05, 0.1) is 10.5 Å². The molecule has 0 unspecified atom stereocenters. The van der Waals surface area contributed by atoms with Crippen molar-refractivity contribution in [2.75, 3.05) is 0 Å². The molecule has 0 spiro atoms. The third-order valence-corrected chi connectivity index (χ3v) is 4.32. The van der Waals surface area contributed by atoms with Crippen molar-refractivity contribution in [2.24, 2.45) is 0 Å². The Balaban J connectivity index is 2.15. The lowest BCUT2D eigenvalue weighted by molar-refractivity contribution is -0.137. The van der Waals surface area contributed by atoms with Crippen molar-refractivity contribution in [2.45, 2.75) is 17.6 Å². The quantitative estimate of drug-likeness (QED) is 0.873. The van der Waals surface area contributed by atoms with E-state index in [-0.39, 0.29) is 17.0 Å². The van der Waals surface area contributed by atoms with E-state index in [0.29, 0.717) is 12.1 Å². The zero-order valence-electron chi connectivity index (χ0n) is 11.1. The second-order valence-corrected chi connectivity index (χ2v) is 6.21. The molecule has 0 atom stereocenters. The summed E-state index contributed by atoms with van der Waals surface area (Å²) in [6, 6.07) is 8.66. The average molecular weight is 333 g/mol. The number of alkyl halides is 3. The molecule has 3 nitrogen and oxygen atoms in total. The van der Waals surface area contributed by atoms with Crippen LogP contribution in [0.4, 0.5) is 17.6 Å². The molecule has 0 aromatic heterocycles. The Labute approximate surface area is 124 Å². The average Bonchev–Trinajstić information content (AvgIpc) is 2.46. The van der Waals surface area contributed by atoms with E-state index in [2.05, 4.69) is 4.72 Å². The molecule has 0 saturated heterocycles. The standard InChI is InChI=1S/C14H11F4NO2S/c15-13-4-2-1-3-10(13)9-19-22(20,21)12-7-5-11(6-8-12)14(16,17)18/h1-8,19H,9H2. The van der Waals surface area contributed by atoms with Gasteiger partial charge >= 0.3 is 6.18 Å². The molecule has 0 aliphatic carbocycles. The fourth-order valence-electron chi connectivity index (χ4n) is 1.72. The first-order valence-electron chi connectivity index (χ1n) is 6.10. The van der Waals surface area contributed by atoms with E-state index in [9.17, 15) is 26.0 Å². The Hall–Kier alpha value is -1.93. The summed E-state index contributed by atoms with van der Waals surface area (Å²) in [7, 11) is -4.02. The van der Waals surface area contributed by atoms with Gasteiger partial charge in [-0.1, -0.05) is 18.2 Å². The highest BCUT2D eigenvalue weighted by molar-refractivity contribution is 7.89. The fourth-order valence-corrected chi connectivity index (χ4v) is 2.73. The Kier molecular flexibility index (Phi) is 4.52. The molecule has 0 radical (unpaired) electrons. The highest BCUT2D eigenvalue weighted by atomic mass is 32.2. The molecule has 8 heteroatoms. The number of benzene rings is 2. The molecule has 0 aliphatic rings. The molecule has 2 rings (SSSR count). The van der Waals surface area contributed by atoms with Gasteiger partial charge in [-0.25, -0.2) is 17.5 Å². The summed E-state index contributed by atoms with van der Waals surface area (Å²) < 4.78 is 76.7. The molecule has 0 fully saturated rings. The Morgan fingerprint density at radius 1 is 0.955 bits per heavy atom. The highest BCUT2D eigenvalue weighted by Crippen LogP contribution is 2.29. The maximum absolute atomic E-state index is 13.4. The van der Waals surface area contributed by atoms with Crippen molar-refractivity contribution in [3.05, 3.63) is 65.5 Å². The van der Waals surface area contributed by atoms with Crippen LogP contribution in [0, 0.1) is 5.82 Å². The van der Waals surface area contributed by atoms with Crippen molar-refractivity contribution in [1.29, 1.82) is 0 Å². The highest BCUT2D eigenvalue weighted by Gasteiger charge is 2.30. The molecular weight excluding hydrogens is 322 g/mol. The third-order valence-electron chi connectivity index (χ3n) is 2.90. The van der Waals surface area contributed by atoms with Crippen LogP contribution in [-0.4, -0.2) is 8.42 Å². The van der Waals surface area contributed by atoms with E-state index in [1.807, 2.05) is 0 Å². The number of sulfonamides is 1. The molecule has 118 valence electrons. The lowest BCUT2D eigenvalue weighted by Crippen LogP contribution is -2.23. The van der Waals surface area contributed by atoms with Crippen LogP contribution in [0.3, 0.4) is 0 Å². The van der Waals surface area contributed by atoms with Gasteiger partial charge in [0.25, 0.3) is 0 Å². The van der Waals surface area contributed by atoms with Crippen molar-refractivity contribution in [3.8, 4) is 0 Å². The van der Waals surface area contributed by atoms with Gasteiger partial charge in [-0.2, -0.15) is 13.2 Å². The summed E-state index contributed by atoms with van der Waals surface area (Å²) >= 11 is 0. The second kappa shape index (κ2) is 6.05. The van der Waals surface area contributed by atoms with Crippen LogP contribution < -0.4 is 4.72 Å². The minimum Gasteiger partial charge on any atom is -0.207 e. The predicted molar refractivity (Wildman–Crippen MR) is 71.9 cm³/mol. The number of halogens is 4. The van der Waals surface area contributed by atoms with Gasteiger partial charge in [-0.15, -0.1) is 0 Å². The first kappa shape index (κ1) is 16.4. The van der Waals surface area contributed by atoms with Crippen LogP contribution in [0.25, 0.3) is 0 Å². The minimum absolute atomic E-state index is 0.137. The van der Waals surface area contributed by atoms with Gasteiger partial charge in [0.2, 0.25) is 10.0 Å². The largest absolute Gasteiger partial charge is 0.416 e. The van der Waals surface area contributed by atoms with Gasteiger partial charge in [0.15, 0.2) is 0 Å². The molecule has 1 N–H and O–H groups in total. The Bertz CT molecular complexity index is 755. The van der Waals surface area contributed by atoms with Crippen LogP contribution in [0.5, 0.6) is 0 Å². The van der Waals surface area contributed by atoms with Gasteiger partial charge in [-0.3, -0.25) is 0 Å². The second-order valence-electron chi connectivity index (χ2n) is 4.44. The van der Waals surface area contributed by atoms with Crippen molar-refractivity contribution in [3.63, 3.8) is 0 Å². The molecule has 2 aromatic carbocycles. The van der Waals surface area contributed by atoms with Crippen molar-refractivity contribution >= 4 is 10.0 Å². The number of nitrogens with one attached hydrogen (secondary N) is 1. The fraction of sp³-hybridized carbons (Fsp3) is 0.143. The van der Waals surface area contributed by atoms with Gasteiger partial charge in [0, 0.05) is 12.1 Å². The number of hydrogen-bond donors (Lipinski definition) is 1. The molecule has 0 aliphatic heterocycles. The SMILES string of the molecule is O=S(=O)(NCc1ccccc1F)c1ccc(C(F)(F)F)cc1. The maximum Gasteiger partial charge on any atom is 0.416 e. The van der Waals surface area contributed by atoms with Crippen LogP contribution in [-0.2, 0) is 22.7 Å². The van der Waals surface area contributed by atoms with Crippen molar-refractivity contribution in [1.82, 2.24) is 4.72 Å². The first-order valence-corrected chi connectivity index (χ1v) is 7.59. The first-order chi connectivity index (χ1) is 10.2. The molecule has 0 amide bonds. The summed E-state index contributed by atoms with van der Waals surface area (Å²) in [5.41, 5.74) is -0.807. The van der Waals surface area contributed by atoms with Crippen LogP contribution in [0.2, 0.25) is 0 Å². The van der Waals surface area contributed by atoms with E-state index >= 15 is 0 Å². The third kappa shape index (κ3) is 3.83. The normalized spacial score (nSPS) is 12.4.